The van der Waals surface area contributed by atoms with E-state index in [1.165, 1.54) is 45.4 Å². The average Bonchev–Trinajstić information content (AvgIpc) is 3.20. The minimum atomic E-state index is -4.62. The Morgan fingerprint density at radius 1 is 1.06 bits per heavy atom. The fraction of sp³-hybridized carbons (Fsp3) is 0.348. The summed E-state index contributed by atoms with van der Waals surface area (Å²) in [5.41, 5.74) is -0.948. The van der Waals surface area contributed by atoms with Crippen LogP contribution in [0.2, 0.25) is 0 Å². The summed E-state index contributed by atoms with van der Waals surface area (Å²) in [5.74, 6) is -0.424. The topological polar surface area (TPSA) is 93.1 Å². The number of nitrogens with zero attached hydrogens (tertiary/aromatic N) is 1. The van der Waals surface area contributed by atoms with Crippen LogP contribution in [0.25, 0.3) is 10.9 Å². The van der Waals surface area contributed by atoms with E-state index in [9.17, 15) is 26.4 Å². The number of halogens is 3. The van der Waals surface area contributed by atoms with Gasteiger partial charge in [-0.15, -0.1) is 0 Å². The molecule has 8 nitrogen and oxygen atoms in total. The van der Waals surface area contributed by atoms with Crippen molar-refractivity contribution in [1.29, 1.82) is 0 Å². The summed E-state index contributed by atoms with van der Waals surface area (Å²) >= 11 is 0. The molecule has 0 amide bonds. The molecule has 0 spiro atoms. The SMILES string of the molecule is CCOC(=O)C(C)OCc1cc2cc(C(F)(F)F)ccc2n1S(=O)(=O)c1cc(OC)ccc1OC. The van der Waals surface area contributed by atoms with Crippen molar-refractivity contribution in [1.82, 2.24) is 3.97 Å². The van der Waals surface area contributed by atoms with Gasteiger partial charge in [0.05, 0.1) is 44.2 Å². The Morgan fingerprint density at radius 3 is 2.37 bits per heavy atom. The zero-order valence-electron chi connectivity index (χ0n) is 19.4. The molecule has 3 rings (SSSR count). The van der Waals surface area contributed by atoms with E-state index in [0.29, 0.717) is 0 Å². The molecule has 0 radical (unpaired) electrons. The molecule has 2 aromatic carbocycles. The van der Waals surface area contributed by atoms with Crippen molar-refractivity contribution < 1.29 is 45.3 Å². The van der Waals surface area contributed by atoms with Gasteiger partial charge >= 0.3 is 12.1 Å². The number of carbonyl (C=O) groups is 1. The van der Waals surface area contributed by atoms with E-state index in [-0.39, 0.29) is 39.6 Å². The van der Waals surface area contributed by atoms with Gasteiger partial charge in [0.15, 0.2) is 6.10 Å². The fourth-order valence-electron chi connectivity index (χ4n) is 3.43. The highest BCUT2D eigenvalue weighted by molar-refractivity contribution is 7.90. The number of rotatable bonds is 9. The highest BCUT2D eigenvalue weighted by atomic mass is 32.2. The molecule has 1 unspecified atom stereocenters. The number of fused-ring (bicyclic) bond motifs is 1. The van der Waals surface area contributed by atoms with Gasteiger partial charge in [-0.05, 0) is 50.2 Å². The molecule has 0 N–H and O–H groups in total. The molecule has 190 valence electrons. The first kappa shape index (κ1) is 26.4. The number of hydrogen-bond acceptors (Lipinski definition) is 7. The maximum Gasteiger partial charge on any atom is 0.416 e. The summed E-state index contributed by atoms with van der Waals surface area (Å²) in [7, 11) is -1.77. The maximum absolute atomic E-state index is 13.8. The first-order chi connectivity index (χ1) is 16.4. The maximum atomic E-state index is 13.8. The monoisotopic (exact) mass is 515 g/mol. The zero-order chi connectivity index (χ0) is 26.0. The lowest BCUT2D eigenvalue weighted by molar-refractivity contribution is -0.156. The normalized spacial score (nSPS) is 13.0. The molecule has 0 aliphatic rings. The van der Waals surface area contributed by atoms with Crippen LogP contribution in [-0.4, -0.2) is 45.3 Å². The van der Waals surface area contributed by atoms with Gasteiger partial charge in [-0.2, -0.15) is 13.2 Å². The molecule has 1 aromatic heterocycles. The number of ether oxygens (including phenoxy) is 4. The summed E-state index contributed by atoms with van der Waals surface area (Å²) in [5, 5.41) is 0.0210. The number of esters is 1. The second-order valence-electron chi connectivity index (χ2n) is 7.40. The van der Waals surface area contributed by atoms with Gasteiger partial charge in [0, 0.05) is 11.5 Å². The molecule has 3 aromatic rings. The number of alkyl halides is 3. The quantitative estimate of drug-likeness (QED) is 0.391. The Labute approximate surface area is 200 Å². The molecule has 0 bridgehead atoms. The van der Waals surface area contributed by atoms with Crippen LogP contribution < -0.4 is 9.47 Å². The number of methoxy groups -OCH3 is 2. The van der Waals surface area contributed by atoms with Crippen LogP contribution >= 0.6 is 0 Å². The lowest BCUT2D eigenvalue weighted by Gasteiger charge is -2.17. The number of carbonyl (C=O) groups excluding carboxylic acids is 1. The molecule has 0 aliphatic carbocycles. The smallest absolute Gasteiger partial charge is 0.416 e. The van der Waals surface area contributed by atoms with E-state index in [0.717, 1.165) is 22.2 Å². The third-order valence-electron chi connectivity index (χ3n) is 5.15. The molecule has 1 heterocycles. The Bertz CT molecular complexity index is 1330. The van der Waals surface area contributed by atoms with Crippen molar-refractivity contribution >= 4 is 26.9 Å². The van der Waals surface area contributed by atoms with Crippen LogP contribution in [0.3, 0.4) is 0 Å². The molecule has 0 aliphatic heterocycles. The third kappa shape index (κ3) is 5.38. The van der Waals surface area contributed by atoms with Gasteiger partial charge in [-0.1, -0.05) is 0 Å². The Hall–Kier alpha value is -3.25. The highest BCUT2D eigenvalue weighted by Gasteiger charge is 2.33. The van der Waals surface area contributed by atoms with Crippen molar-refractivity contribution in [2.45, 2.75) is 37.6 Å². The van der Waals surface area contributed by atoms with Crippen LogP contribution in [0.1, 0.15) is 25.1 Å². The summed E-state index contributed by atoms with van der Waals surface area (Å²) in [6, 6.07) is 8.14. The van der Waals surface area contributed by atoms with Crippen molar-refractivity contribution in [3.05, 3.63) is 53.7 Å². The summed E-state index contributed by atoms with van der Waals surface area (Å²) < 4.78 is 89.1. The van der Waals surface area contributed by atoms with E-state index in [2.05, 4.69) is 0 Å². The third-order valence-corrected chi connectivity index (χ3v) is 6.93. The van der Waals surface area contributed by atoms with Crippen LogP contribution in [-0.2, 0) is 37.1 Å². The van der Waals surface area contributed by atoms with Gasteiger partial charge in [0.25, 0.3) is 10.0 Å². The molecule has 1 atom stereocenters. The molecule has 12 heteroatoms. The van der Waals surface area contributed by atoms with Crippen LogP contribution in [0.4, 0.5) is 13.2 Å². The van der Waals surface area contributed by atoms with Gasteiger partial charge < -0.3 is 18.9 Å². The molecule has 0 saturated heterocycles. The zero-order valence-corrected chi connectivity index (χ0v) is 20.2. The summed E-state index contributed by atoms with van der Waals surface area (Å²) in [6.45, 7) is 2.76. The van der Waals surface area contributed by atoms with Crippen molar-refractivity contribution in [2.24, 2.45) is 0 Å². The Balaban J connectivity index is 2.20. The average molecular weight is 516 g/mol. The molecule has 0 fully saturated rings. The second-order valence-corrected chi connectivity index (χ2v) is 9.15. The van der Waals surface area contributed by atoms with E-state index >= 15 is 0 Å². The summed E-state index contributed by atoms with van der Waals surface area (Å²) in [4.78, 5) is 11.7. The van der Waals surface area contributed by atoms with E-state index in [1.807, 2.05) is 0 Å². The highest BCUT2D eigenvalue weighted by Crippen LogP contribution is 2.36. The minimum Gasteiger partial charge on any atom is -0.497 e. The molecular weight excluding hydrogens is 491 g/mol. The van der Waals surface area contributed by atoms with Crippen LogP contribution in [0.15, 0.2) is 47.4 Å². The lowest BCUT2D eigenvalue weighted by atomic mass is 10.1. The minimum absolute atomic E-state index is 0.000320. The van der Waals surface area contributed by atoms with E-state index in [1.54, 1.807) is 6.92 Å². The van der Waals surface area contributed by atoms with Gasteiger partial charge in [-0.3, -0.25) is 0 Å². The van der Waals surface area contributed by atoms with Gasteiger partial charge in [0.2, 0.25) is 0 Å². The second kappa shape index (κ2) is 10.2. The van der Waals surface area contributed by atoms with Crippen molar-refractivity contribution in [3.63, 3.8) is 0 Å². The molecule has 0 saturated carbocycles. The van der Waals surface area contributed by atoms with Gasteiger partial charge in [-0.25, -0.2) is 17.2 Å². The van der Waals surface area contributed by atoms with Crippen molar-refractivity contribution in [3.8, 4) is 11.5 Å². The Kier molecular flexibility index (Phi) is 7.65. The number of aromatic nitrogens is 1. The lowest BCUT2D eigenvalue weighted by Crippen LogP contribution is -2.24. The summed E-state index contributed by atoms with van der Waals surface area (Å²) in [6.07, 6.45) is -5.67. The van der Waals surface area contributed by atoms with Crippen molar-refractivity contribution in [2.75, 3.05) is 20.8 Å². The fourth-order valence-corrected chi connectivity index (χ4v) is 5.14. The molecule has 35 heavy (non-hydrogen) atoms. The van der Waals surface area contributed by atoms with Crippen LogP contribution in [0, 0.1) is 0 Å². The Morgan fingerprint density at radius 2 is 1.77 bits per heavy atom. The first-order valence-corrected chi connectivity index (χ1v) is 11.9. The predicted octanol–water partition coefficient (Wildman–Crippen LogP) is 4.38. The van der Waals surface area contributed by atoms with E-state index in [4.69, 9.17) is 18.9 Å². The molecular formula is C23H24F3NO7S. The first-order valence-electron chi connectivity index (χ1n) is 10.4. The number of hydrogen-bond donors (Lipinski definition) is 0. The van der Waals surface area contributed by atoms with E-state index < -0.39 is 40.4 Å². The standard InChI is InChI=1S/C23H24F3NO7S/c1-5-33-22(28)14(2)34-13-17-11-15-10-16(23(24,25)26)6-8-19(15)27(17)35(29,30)21-12-18(31-3)7-9-20(21)32-4/h6-12,14H,5,13H2,1-4H3. The van der Waals surface area contributed by atoms with Gasteiger partial charge in [0.1, 0.15) is 16.4 Å². The predicted molar refractivity (Wildman–Crippen MR) is 120 cm³/mol. The number of benzene rings is 2. The van der Waals surface area contributed by atoms with Crippen LogP contribution in [0.5, 0.6) is 11.5 Å². The largest absolute Gasteiger partial charge is 0.497 e.